The van der Waals surface area contributed by atoms with Crippen LogP contribution in [0.3, 0.4) is 0 Å². The molecule has 4 heteroatoms. The number of ether oxygens (including phenoxy) is 1. The Kier molecular flexibility index (Phi) is 6.03. The predicted octanol–water partition coefficient (Wildman–Crippen LogP) is 4.52. The molecule has 0 saturated heterocycles. The van der Waals surface area contributed by atoms with E-state index in [1.807, 2.05) is 0 Å². The lowest BCUT2D eigenvalue weighted by atomic mass is 9.86. The van der Waals surface area contributed by atoms with Gasteiger partial charge in [-0.3, -0.25) is 4.79 Å². The van der Waals surface area contributed by atoms with Crippen LogP contribution in [0, 0.1) is 11.7 Å². The Morgan fingerprint density at radius 3 is 2.81 bits per heavy atom. The molecule has 1 saturated carbocycles. The number of hydrogen-bond acceptors (Lipinski definition) is 2. The molecule has 116 valence electrons. The largest absolute Gasteiger partial charge is 0.494 e. The van der Waals surface area contributed by atoms with E-state index < -0.39 is 0 Å². The van der Waals surface area contributed by atoms with Gasteiger partial charge in [-0.2, -0.15) is 0 Å². The van der Waals surface area contributed by atoms with Crippen molar-refractivity contribution < 1.29 is 13.9 Å². The fraction of sp³-hybridized carbons (Fsp3) is 0.588. The summed E-state index contributed by atoms with van der Waals surface area (Å²) in [4.78, 5) is 11.9. The van der Waals surface area contributed by atoms with E-state index in [0.717, 1.165) is 18.8 Å². The lowest BCUT2D eigenvalue weighted by Gasteiger charge is -2.21. The van der Waals surface area contributed by atoms with E-state index in [1.54, 1.807) is 0 Å². The summed E-state index contributed by atoms with van der Waals surface area (Å²) in [6.45, 7) is 0. The molecule has 21 heavy (non-hydrogen) atoms. The zero-order valence-electron chi connectivity index (χ0n) is 12.7. The number of nitrogens with one attached hydrogen (secondary N) is 1. The molecule has 1 amide bonds. The van der Waals surface area contributed by atoms with Crippen LogP contribution in [0.2, 0.25) is 0 Å². The molecule has 1 N–H and O–H groups in total. The zero-order valence-corrected chi connectivity index (χ0v) is 12.7. The summed E-state index contributed by atoms with van der Waals surface area (Å²) in [5, 5.41) is 2.80. The molecule has 0 bridgehead atoms. The van der Waals surface area contributed by atoms with Crippen LogP contribution in [0.15, 0.2) is 18.2 Å². The molecule has 1 fully saturated rings. The highest BCUT2D eigenvalue weighted by atomic mass is 19.1. The first-order chi connectivity index (χ1) is 10.2. The molecule has 1 aliphatic rings. The summed E-state index contributed by atoms with van der Waals surface area (Å²) in [5.41, 5.74) is 0.529. The Morgan fingerprint density at radius 2 is 2.10 bits per heavy atom. The highest BCUT2D eigenvalue weighted by Crippen LogP contribution is 2.28. The topological polar surface area (TPSA) is 38.3 Å². The van der Waals surface area contributed by atoms with Crippen molar-refractivity contribution in [3.8, 4) is 5.75 Å². The van der Waals surface area contributed by atoms with Gasteiger partial charge in [-0.15, -0.1) is 0 Å². The van der Waals surface area contributed by atoms with E-state index in [9.17, 15) is 9.18 Å². The summed E-state index contributed by atoms with van der Waals surface area (Å²) in [7, 11) is 1.47. The first-order valence-electron chi connectivity index (χ1n) is 7.82. The van der Waals surface area contributed by atoms with Gasteiger partial charge in [0.05, 0.1) is 12.8 Å². The minimum Gasteiger partial charge on any atom is -0.494 e. The monoisotopic (exact) mass is 293 g/mol. The third-order valence-electron chi connectivity index (χ3n) is 4.18. The fourth-order valence-corrected chi connectivity index (χ4v) is 3.01. The van der Waals surface area contributed by atoms with Crippen molar-refractivity contribution >= 4 is 11.6 Å². The molecule has 1 aromatic carbocycles. The number of benzene rings is 1. The number of rotatable bonds is 6. The summed E-state index contributed by atoms with van der Waals surface area (Å²) in [6, 6.07) is 4.13. The summed E-state index contributed by atoms with van der Waals surface area (Å²) in [6.07, 6.45) is 9.22. The average molecular weight is 293 g/mol. The van der Waals surface area contributed by atoms with E-state index in [0.29, 0.717) is 17.9 Å². The van der Waals surface area contributed by atoms with Crippen LogP contribution >= 0.6 is 0 Å². The van der Waals surface area contributed by atoms with Gasteiger partial charge in [-0.25, -0.2) is 4.39 Å². The minimum atomic E-state index is -0.373. The maximum atomic E-state index is 13.1. The quantitative estimate of drug-likeness (QED) is 0.837. The van der Waals surface area contributed by atoms with E-state index in [2.05, 4.69) is 5.32 Å². The molecule has 0 unspecified atom stereocenters. The van der Waals surface area contributed by atoms with Gasteiger partial charge in [0.1, 0.15) is 11.6 Å². The highest BCUT2D eigenvalue weighted by Gasteiger charge is 2.14. The van der Waals surface area contributed by atoms with Crippen LogP contribution in [0.5, 0.6) is 5.75 Å². The van der Waals surface area contributed by atoms with Gasteiger partial charge in [0.15, 0.2) is 0 Å². The molecule has 1 aliphatic carbocycles. The lowest BCUT2D eigenvalue weighted by molar-refractivity contribution is -0.116. The Labute approximate surface area is 125 Å². The lowest BCUT2D eigenvalue weighted by Crippen LogP contribution is -2.13. The zero-order chi connectivity index (χ0) is 15.1. The predicted molar refractivity (Wildman–Crippen MR) is 82.0 cm³/mol. The van der Waals surface area contributed by atoms with Gasteiger partial charge in [0.2, 0.25) is 5.91 Å². The SMILES string of the molecule is COc1cc(F)ccc1NC(=O)CCCC1CCCCC1. The molecule has 3 nitrogen and oxygen atoms in total. The second kappa shape index (κ2) is 8.01. The van der Waals surface area contributed by atoms with Crippen LogP contribution in [0.4, 0.5) is 10.1 Å². The number of amides is 1. The first-order valence-corrected chi connectivity index (χ1v) is 7.82. The molecule has 0 aromatic heterocycles. The number of halogens is 1. The van der Waals surface area contributed by atoms with Crippen molar-refractivity contribution in [1.29, 1.82) is 0 Å². The van der Waals surface area contributed by atoms with Crippen LogP contribution in [-0.2, 0) is 4.79 Å². The number of anilines is 1. The number of methoxy groups -OCH3 is 1. The summed E-state index contributed by atoms with van der Waals surface area (Å²) in [5.74, 6) is 0.750. The van der Waals surface area contributed by atoms with Crippen molar-refractivity contribution in [2.45, 2.75) is 51.4 Å². The number of carbonyl (C=O) groups excluding carboxylic acids is 1. The molecule has 0 atom stereocenters. The molecule has 0 spiro atoms. The number of hydrogen-bond donors (Lipinski definition) is 1. The van der Waals surface area contributed by atoms with Crippen LogP contribution in [0.25, 0.3) is 0 Å². The van der Waals surface area contributed by atoms with Gasteiger partial charge in [0, 0.05) is 12.5 Å². The van der Waals surface area contributed by atoms with E-state index in [4.69, 9.17) is 4.74 Å². The molecule has 0 aliphatic heterocycles. The van der Waals surface area contributed by atoms with Gasteiger partial charge in [0.25, 0.3) is 0 Å². The molecular weight excluding hydrogens is 269 g/mol. The second-order valence-electron chi connectivity index (χ2n) is 5.79. The van der Waals surface area contributed by atoms with E-state index in [1.165, 1.54) is 57.4 Å². The molecule has 0 radical (unpaired) electrons. The first kappa shape index (κ1) is 15.8. The smallest absolute Gasteiger partial charge is 0.224 e. The second-order valence-corrected chi connectivity index (χ2v) is 5.79. The molecular formula is C17H24FNO2. The Balaban J connectivity index is 1.76. The normalized spacial score (nSPS) is 15.7. The fourth-order valence-electron chi connectivity index (χ4n) is 3.01. The Hall–Kier alpha value is -1.58. The van der Waals surface area contributed by atoms with Crippen LogP contribution in [-0.4, -0.2) is 13.0 Å². The molecule has 0 heterocycles. The third-order valence-corrected chi connectivity index (χ3v) is 4.18. The average Bonchev–Trinajstić information content (AvgIpc) is 2.50. The molecule has 1 aromatic rings. The number of carbonyl (C=O) groups is 1. The highest BCUT2D eigenvalue weighted by molar-refractivity contribution is 5.92. The Morgan fingerprint density at radius 1 is 1.33 bits per heavy atom. The van der Waals surface area contributed by atoms with Crippen molar-refractivity contribution in [2.24, 2.45) is 5.92 Å². The molecule has 2 rings (SSSR count). The van der Waals surface area contributed by atoms with Crippen molar-refractivity contribution in [1.82, 2.24) is 0 Å². The van der Waals surface area contributed by atoms with E-state index >= 15 is 0 Å². The summed E-state index contributed by atoms with van der Waals surface area (Å²) < 4.78 is 18.2. The van der Waals surface area contributed by atoms with Gasteiger partial charge in [-0.1, -0.05) is 32.1 Å². The summed E-state index contributed by atoms with van der Waals surface area (Å²) >= 11 is 0. The maximum Gasteiger partial charge on any atom is 0.224 e. The standard InChI is InChI=1S/C17H24FNO2/c1-21-16-12-14(18)10-11-15(16)19-17(20)9-5-8-13-6-3-2-4-7-13/h10-13H,2-9H2,1H3,(H,19,20). The third kappa shape index (κ3) is 5.03. The van der Waals surface area contributed by atoms with Crippen molar-refractivity contribution in [3.63, 3.8) is 0 Å². The maximum absolute atomic E-state index is 13.1. The van der Waals surface area contributed by atoms with Crippen LogP contribution < -0.4 is 10.1 Å². The van der Waals surface area contributed by atoms with Crippen LogP contribution in [0.1, 0.15) is 51.4 Å². The van der Waals surface area contributed by atoms with Gasteiger partial charge >= 0.3 is 0 Å². The minimum absolute atomic E-state index is 0.0317. The van der Waals surface area contributed by atoms with Gasteiger partial charge < -0.3 is 10.1 Å². The Bertz CT molecular complexity index is 470. The van der Waals surface area contributed by atoms with Crippen molar-refractivity contribution in [3.05, 3.63) is 24.0 Å². The van der Waals surface area contributed by atoms with Gasteiger partial charge in [-0.05, 0) is 30.9 Å². The van der Waals surface area contributed by atoms with E-state index in [-0.39, 0.29) is 11.7 Å². The van der Waals surface area contributed by atoms with Crippen molar-refractivity contribution in [2.75, 3.05) is 12.4 Å².